The van der Waals surface area contributed by atoms with E-state index in [0.29, 0.717) is 16.8 Å². The first-order chi connectivity index (χ1) is 17.2. The Morgan fingerprint density at radius 1 is 1.08 bits per heavy atom. The number of carbonyl (C=O) groups excluding carboxylic acids is 3. The molecule has 0 spiro atoms. The lowest BCUT2D eigenvalue weighted by Gasteiger charge is -2.28. The number of anilines is 2. The highest BCUT2D eigenvalue weighted by atomic mass is 32.1. The summed E-state index contributed by atoms with van der Waals surface area (Å²) in [6.45, 7) is 3.52. The highest BCUT2D eigenvalue weighted by Gasteiger charge is 2.61. The number of methoxy groups -OCH3 is 1. The molecule has 5 rings (SSSR count). The number of hydroxylamine groups is 1. The number of nitrogens with zero attached hydrogens (tertiary/aromatic N) is 3. The highest BCUT2D eigenvalue weighted by Crippen LogP contribution is 2.49. The summed E-state index contributed by atoms with van der Waals surface area (Å²) in [6.07, 6.45) is -1.17. The fourth-order valence-electron chi connectivity index (χ4n) is 4.68. The van der Waals surface area contributed by atoms with E-state index >= 15 is 0 Å². The van der Waals surface area contributed by atoms with E-state index in [9.17, 15) is 24.5 Å². The first-order valence-electron chi connectivity index (χ1n) is 11.1. The Hall–Kier alpha value is -4.09. The molecule has 0 radical (unpaired) electrons. The minimum atomic E-state index is -1.17. The molecule has 0 bridgehead atoms. The number of non-ortho nitro benzene ring substituents is 1. The number of nitro benzene ring substituents is 1. The zero-order valence-corrected chi connectivity index (χ0v) is 20.4. The van der Waals surface area contributed by atoms with Crippen LogP contribution in [0.2, 0.25) is 0 Å². The number of aryl methyl sites for hydroxylation is 1. The van der Waals surface area contributed by atoms with E-state index in [1.165, 1.54) is 30.4 Å². The molecule has 36 heavy (non-hydrogen) atoms. The van der Waals surface area contributed by atoms with Crippen LogP contribution in [-0.4, -0.2) is 35.9 Å². The van der Waals surface area contributed by atoms with E-state index in [1.807, 2.05) is 6.07 Å². The number of imide groups is 1. The van der Waals surface area contributed by atoms with Crippen LogP contribution in [-0.2, 0) is 19.2 Å². The SMILES string of the molecule is COC(=O)c1c(N2C(=O)[C@H]3[C@H](ON(c4ccccc4)[C@@H]3c3cccc([N+](=O)[O-])c3)C2=O)sc(C)c1C. The molecule has 10 nitrogen and oxygen atoms in total. The Kier molecular flexibility index (Phi) is 5.81. The fraction of sp³-hybridized carbons (Fsp3) is 0.240. The lowest BCUT2D eigenvalue weighted by Crippen LogP contribution is -2.37. The average Bonchev–Trinajstić information content (AvgIpc) is 3.49. The van der Waals surface area contributed by atoms with Crippen LogP contribution in [0, 0.1) is 29.9 Å². The number of ether oxygens (including phenoxy) is 1. The molecule has 2 amide bonds. The molecule has 184 valence electrons. The number of benzene rings is 2. The van der Waals surface area contributed by atoms with Crippen LogP contribution in [0.25, 0.3) is 0 Å². The number of esters is 1. The molecule has 2 aliphatic rings. The molecule has 2 saturated heterocycles. The summed E-state index contributed by atoms with van der Waals surface area (Å²) in [4.78, 5) is 58.8. The number of thiophene rings is 1. The Bertz CT molecular complexity index is 1400. The summed E-state index contributed by atoms with van der Waals surface area (Å²) in [7, 11) is 1.24. The lowest BCUT2D eigenvalue weighted by atomic mass is 9.90. The molecule has 3 atom stereocenters. The minimum Gasteiger partial charge on any atom is -0.465 e. The Labute approximate surface area is 209 Å². The maximum atomic E-state index is 13.9. The van der Waals surface area contributed by atoms with Crippen LogP contribution in [0.4, 0.5) is 16.4 Å². The molecule has 3 aromatic rings. The fourth-order valence-corrected chi connectivity index (χ4v) is 5.84. The van der Waals surface area contributed by atoms with Crippen molar-refractivity contribution in [1.82, 2.24) is 0 Å². The van der Waals surface area contributed by atoms with Gasteiger partial charge in [0, 0.05) is 17.0 Å². The minimum absolute atomic E-state index is 0.143. The monoisotopic (exact) mass is 507 g/mol. The number of rotatable bonds is 5. The second-order valence-electron chi connectivity index (χ2n) is 8.48. The standard InChI is InChI=1S/C25H21N3O7S/c1-13-14(2)36-24(18(13)25(31)34-3)26-22(29)19-20(15-8-7-11-17(12-15)28(32)33)27(35-21(19)23(26)30)16-9-5-4-6-10-16/h4-12,19-21H,1-3H3/t19-,20-,21+/m1/s1. The van der Waals surface area contributed by atoms with Gasteiger partial charge in [0.15, 0.2) is 6.10 Å². The van der Waals surface area contributed by atoms with Crippen LogP contribution in [0.3, 0.4) is 0 Å². The molecule has 0 saturated carbocycles. The van der Waals surface area contributed by atoms with Gasteiger partial charge < -0.3 is 4.74 Å². The molecule has 2 aliphatic heterocycles. The van der Waals surface area contributed by atoms with Gasteiger partial charge in [0.05, 0.1) is 29.3 Å². The number of nitro groups is 1. The van der Waals surface area contributed by atoms with E-state index in [4.69, 9.17) is 9.57 Å². The van der Waals surface area contributed by atoms with E-state index in [1.54, 1.807) is 44.2 Å². The summed E-state index contributed by atoms with van der Waals surface area (Å²) in [5.41, 5.74) is 1.69. The van der Waals surface area contributed by atoms with Gasteiger partial charge in [-0.1, -0.05) is 30.3 Å². The molecule has 0 unspecified atom stereocenters. The molecule has 2 fully saturated rings. The zero-order valence-electron chi connectivity index (χ0n) is 19.5. The highest BCUT2D eigenvalue weighted by molar-refractivity contribution is 7.17. The average molecular weight is 508 g/mol. The van der Waals surface area contributed by atoms with Crippen molar-refractivity contribution in [3.05, 3.63) is 86.3 Å². The zero-order chi connectivity index (χ0) is 25.7. The predicted octanol–water partition coefficient (Wildman–Crippen LogP) is 4.11. The Balaban J connectivity index is 1.63. The number of fused-ring (bicyclic) bond motifs is 1. The molecule has 0 aliphatic carbocycles. The smallest absolute Gasteiger partial charge is 0.341 e. The molecule has 0 N–H and O–H groups in total. The number of amides is 2. The normalized spacial score (nSPS) is 21.1. The molecule has 3 heterocycles. The summed E-state index contributed by atoms with van der Waals surface area (Å²) in [5, 5.41) is 13.1. The van der Waals surface area contributed by atoms with Gasteiger partial charge in [-0.15, -0.1) is 11.3 Å². The summed E-state index contributed by atoms with van der Waals surface area (Å²) < 4.78 is 4.91. The van der Waals surface area contributed by atoms with Crippen molar-refractivity contribution >= 4 is 45.5 Å². The Morgan fingerprint density at radius 3 is 2.47 bits per heavy atom. The predicted molar refractivity (Wildman–Crippen MR) is 131 cm³/mol. The van der Waals surface area contributed by atoms with Gasteiger partial charge in [0.25, 0.3) is 11.6 Å². The number of hydrogen-bond donors (Lipinski definition) is 0. The van der Waals surface area contributed by atoms with Crippen molar-refractivity contribution in [1.29, 1.82) is 0 Å². The second-order valence-corrected chi connectivity index (χ2v) is 9.68. The van der Waals surface area contributed by atoms with Crippen LogP contribution in [0.1, 0.15) is 32.4 Å². The van der Waals surface area contributed by atoms with Gasteiger partial charge in [0.1, 0.15) is 10.9 Å². The first kappa shape index (κ1) is 23.6. The van der Waals surface area contributed by atoms with Crippen LogP contribution in [0.5, 0.6) is 0 Å². The van der Waals surface area contributed by atoms with Crippen LogP contribution < -0.4 is 9.96 Å². The Morgan fingerprint density at radius 2 is 1.81 bits per heavy atom. The van der Waals surface area contributed by atoms with Gasteiger partial charge in [-0.05, 0) is 37.1 Å². The van der Waals surface area contributed by atoms with Gasteiger partial charge in [-0.3, -0.25) is 24.5 Å². The quantitative estimate of drug-likeness (QED) is 0.219. The van der Waals surface area contributed by atoms with E-state index in [-0.39, 0.29) is 16.3 Å². The van der Waals surface area contributed by atoms with Gasteiger partial charge in [0.2, 0.25) is 5.91 Å². The van der Waals surface area contributed by atoms with Crippen molar-refractivity contribution in [2.75, 3.05) is 17.1 Å². The lowest BCUT2D eigenvalue weighted by molar-refractivity contribution is -0.384. The number of hydrogen-bond acceptors (Lipinski definition) is 9. The largest absolute Gasteiger partial charge is 0.465 e. The van der Waals surface area contributed by atoms with E-state index in [2.05, 4.69) is 0 Å². The van der Waals surface area contributed by atoms with Gasteiger partial charge >= 0.3 is 5.97 Å². The van der Waals surface area contributed by atoms with Crippen molar-refractivity contribution in [3.8, 4) is 0 Å². The summed E-state index contributed by atoms with van der Waals surface area (Å²) in [6, 6.07) is 14.0. The summed E-state index contributed by atoms with van der Waals surface area (Å²) >= 11 is 1.15. The third kappa shape index (κ3) is 3.55. The molecule has 2 aromatic carbocycles. The maximum Gasteiger partial charge on any atom is 0.341 e. The molecular weight excluding hydrogens is 486 g/mol. The number of para-hydroxylation sites is 1. The second kappa shape index (κ2) is 8.85. The first-order valence-corrected chi connectivity index (χ1v) is 11.9. The maximum absolute atomic E-state index is 13.9. The summed E-state index contributed by atoms with van der Waals surface area (Å²) in [5.74, 6) is -2.80. The van der Waals surface area contributed by atoms with E-state index < -0.39 is 40.8 Å². The molecule has 11 heteroatoms. The van der Waals surface area contributed by atoms with Crippen molar-refractivity contribution in [2.24, 2.45) is 5.92 Å². The van der Waals surface area contributed by atoms with Gasteiger partial charge in [-0.2, -0.15) is 0 Å². The number of carbonyl (C=O) groups is 3. The third-order valence-corrected chi connectivity index (χ3v) is 7.70. The van der Waals surface area contributed by atoms with Gasteiger partial charge in [-0.25, -0.2) is 14.8 Å². The van der Waals surface area contributed by atoms with Crippen LogP contribution in [0.15, 0.2) is 54.6 Å². The third-order valence-electron chi connectivity index (χ3n) is 6.51. The topological polar surface area (TPSA) is 119 Å². The van der Waals surface area contributed by atoms with Crippen molar-refractivity contribution < 1.29 is 28.9 Å². The molecular formula is C25H21N3O7S. The van der Waals surface area contributed by atoms with Crippen molar-refractivity contribution in [3.63, 3.8) is 0 Å². The van der Waals surface area contributed by atoms with Crippen molar-refractivity contribution in [2.45, 2.75) is 26.0 Å². The molecule has 1 aromatic heterocycles. The van der Waals surface area contributed by atoms with E-state index in [0.717, 1.165) is 21.1 Å². The van der Waals surface area contributed by atoms with Crippen LogP contribution >= 0.6 is 11.3 Å².